The van der Waals surface area contributed by atoms with E-state index in [0.717, 1.165) is 11.4 Å². The lowest BCUT2D eigenvalue weighted by Gasteiger charge is -2.27. The Labute approximate surface area is 124 Å². The summed E-state index contributed by atoms with van der Waals surface area (Å²) in [6, 6.07) is 16.1. The third-order valence-corrected chi connectivity index (χ3v) is 3.50. The minimum Gasteiger partial charge on any atom is -0.376 e. The van der Waals surface area contributed by atoms with Gasteiger partial charge in [-0.05, 0) is 29.3 Å². The summed E-state index contributed by atoms with van der Waals surface area (Å²) >= 11 is 0. The lowest BCUT2D eigenvalue weighted by atomic mass is 9.99. The van der Waals surface area contributed by atoms with Crippen LogP contribution in [0.3, 0.4) is 0 Å². The minimum absolute atomic E-state index is 0.0708. The van der Waals surface area contributed by atoms with E-state index in [1.165, 1.54) is 18.1 Å². The zero-order chi connectivity index (χ0) is 14.7. The molecule has 2 N–H and O–H groups in total. The normalized spacial score (nSPS) is 16.9. The van der Waals surface area contributed by atoms with Gasteiger partial charge in [0.25, 0.3) is 0 Å². The number of carbonyl (C=O) groups excluding carboxylic acids is 1. The van der Waals surface area contributed by atoms with E-state index in [9.17, 15) is 4.79 Å². The Balaban J connectivity index is 1.80. The number of hydrogen-bond acceptors (Lipinski definition) is 3. The first-order valence-corrected chi connectivity index (χ1v) is 7.02. The predicted molar refractivity (Wildman–Crippen MR) is 83.2 cm³/mol. The van der Waals surface area contributed by atoms with Gasteiger partial charge in [0, 0.05) is 18.3 Å². The van der Waals surface area contributed by atoms with Crippen LogP contribution in [0.1, 0.15) is 24.1 Å². The van der Waals surface area contributed by atoms with Gasteiger partial charge in [-0.2, -0.15) is 0 Å². The highest BCUT2D eigenvalue weighted by Gasteiger charge is 2.20. The molecular weight excluding hydrogens is 264 g/mol. The highest BCUT2D eigenvalue weighted by Crippen LogP contribution is 2.28. The Kier molecular flexibility index (Phi) is 3.88. The molecule has 0 saturated heterocycles. The van der Waals surface area contributed by atoms with Crippen LogP contribution in [0.4, 0.5) is 11.4 Å². The Morgan fingerprint density at radius 1 is 1.14 bits per heavy atom. The molecule has 0 saturated carbocycles. The quantitative estimate of drug-likeness (QED) is 0.908. The van der Waals surface area contributed by atoms with E-state index in [-0.39, 0.29) is 11.9 Å². The lowest BCUT2D eigenvalue weighted by molar-refractivity contribution is -0.114. The molecule has 1 atom stereocenters. The van der Waals surface area contributed by atoms with Crippen LogP contribution in [-0.2, 0) is 16.1 Å². The van der Waals surface area contributed by atoms with E-state index >= 15 is 0 Å². The summed E-state index contributed by atoms with van der Waals surface area (Å²) in [6.45, 7) is 2.81. The molecule has 4 heteroatoms. The van der Waals surface area contributed by atoms with Crippen molar-refractivity contribution in [2.24, 2.45) is 0 Å². The maximum Gasteiger partial charge on any atom is 0.221 e. The van der Waals surface area contributed by atoms with Crippen molar-refractivity contribution in [1.82, 2.24) is 0 Å². The van der Waals surface area contributed by atoms with Crippen LogP contribution >= 0.6 is 0 Å². The molecule has 0 aromatic heterocycles. The van der Waals surface area contributed by atoms with Crippen molar-refractivity contribution in [2.75, 3.05) is 17.2 Å². The van der Waals surface area contributed by atoms with Crippen LogP contribution in [0.25, 0.3) is 0 Å². The topological polar surface area (TPSA) is 50.4 Å². The highest BCUT2D eigenvalue weighted by molar-refractivity contribution is 5.89. The summed E-state index contributed by atoms with van der Waals surface area (Å²) in [6.07, 6.45) is 0. The van der Waals surface area contributed by atoms with E-state index in [1.54, 1.807) is 0 Å². The smallest absolute Gasteiger partial charge is 0.221 e. The van der Waals surface area contributed by atoms with E-state index in [0.29, 0.717) is 13.2 Å². The van der Waals surface area contributed by atoms with E-state index in [4.69, 9.17) is 4.74 Å². The van der Waals surface area contributed by atoms with Crippen molar-refractivity contribution in [3.8, 4) is 0 Å². The number of ether oxygens (including phenoxy) is 1. The predicted octanol–water partition coefficient (Wildman–Crippen LogP) is 3.33. The summed E-state index contributed by atoms with van der Waals surface area (Å²) in [7, 11) is 0. The number of fused-ring (bicyclic) bond motifs is 1. The van der Waals surface area contributed by atoms with E-state index < -0.39 is 0 Å². The molecule has 2 aromatic rings. The molecule has 1 aliphatic heterocycles. The van der Waals surface area contributed by atoms with Crippen LogP contribution < -0.4 is 10.6 Å². The number of amides is 1. The standard InChI is InChI=1S/C17H18N2O2/c1-12(20)18-14-6-4-7-15(9-14)19-17-11-21-10-13-5-2-3-8-16(13)17/h2-9,17,19H,10-11H2,1H3,(H,18,20). The number of rotatable bonds is 3. The third-order valence-electron chi connectivity index (χ3n) is 3.50. The fraction of sp³-hybridized carbons (Fsp3) is 0.235. The van der Waals surface area contributed by atoms with Crippen molar-refractivity contribution in [3.05, 3.63) is 59.7 Å². The molecule has 21 heavy (non-hydrogen) atoms. The molecule has 0 bridgehead atoms. The average Bonchev–Trinajstić information content (AvgIpc) is 2.47. The Bertz CT molecular complexity index is 655. The first-order chi connectivity index (χ1) is 10.2. The largest absolute Gasteiger partial charge is 0.376 e. The van der Waals surface area contributed by atoms with Gasteiger partial charge >= 0.3 is 0 Å². The Morgan fingerprint density at radius 3 is 2.81 bits per heavy atom. The second-order valence-corrected chi connectivity index (χ2v) is 5.17. The van der Waals surface area contributed by atoms with Crippen molar-refractivity contribution in [2.45, 2.75) is 19.6 Å². The summed E-state index contributed by atoms with van der Waals surface area (Å²) in [5.41, 5.74) is 4.25. The van der Waals surface area contributed by atoms with Crippen molar-refractivity contribution in [3.63, 3.8) is 0 Å². The lowest BCUT2D eigenvalue weighted by Crippen LogP contribution is -2.23. The minimum atomic E-state index is -0.0708. The third kappa shape index (κ3) is 3.23. The van der Waals surface area contributed by atoms with Crippen LogP contribution in [-0.4, -0.2) is 12.5 Å². The van der Waals surface area contributed by atoms with Gasteiger partial charge in [-0.25, -0.2) is 0 Å². The first-order valence-electron chi connectivity index (χ1n) is 7.02. The van der Waals surface area contributed by atoms with E-state index in [2.05, 4.69) is 22.8 Å². The first kappa shape index (κ1) is 13.6. The van der Waals surface area contributed by atoms with Gasteiger partial charge in [-0.15, -0.1) is 0 Å². The molecule has 1 unspecified atom stereocenters. The van der Waals surface area contributed by atoms with Gasteiger partial charge in [0.1, 0.15) is 0 Å². The Hall–Kier alpha value is -2.33. The van der Waals surface area contributed by atoms with Gasteiger partial charge < -0.3 is 15.4 Å². The zero-order valence-corrected chi connectivity index (χ0v) is 11.9. The van der Waals surface area contributed by atoms with Crippen molar-refractivity contribution < 1.29 is 9.53 Å². The van der Waals surface area contributed by atoms with Gasteiger partial charge in [0.2, 0.25) is 5.91 Å². The van der Waals surface area contributed by atoms with Crippen LogP contribution in [0.2, 0.25) is 0 Å². The maximum atomic E-state index is 11.1. The number of hydrogen-bond donors (Lipinski definition) is 2. The highest BCUT2D eigenvalue weighted by atomic mass is 16.5. The molecule has 108 valence electrons. The number of benzene rings is 2. The molecular formula is C17H18N2O2. The molecule has 1 aliphatic rings. The van der Waals surface area contributed by atoms with Gasteiger partial charge in [0.05, 0.1) is 19.3 Å². The SMILES string of the molecule is CC(=O)Nc1cccc(NC2COCc3ccccc32)c1. The van der Waals surface area contributed by atoms with Gasteiger partial charge in [-0.3, -0.25) is 4.79 Å². The summed E-state index contributed by atoms with van der Waals surface area (Å²) in [5, 5.41) is 6.27. The molecule has 0 spiro atoms. The van der Waals surface area contributed by atoms with Crippen LogP contribution in [0.5, 0.6) is 0 Å². The molecule has 1 amide bonds. The molecule has 3 rings (SSSR count). The fourth-order valence-corrected chi connectivity index (χ4v) is 2.59. The molecule has 0 radical (unpaired) electrons. The maximum absolute atomic E-state index is 11.1. The number of carbonyl (C=O) groups is 1. The molecule has 0 fully saturated rings. The number of nitrogens with one attached hydrogen (secondary N) is 2. The second-order valence-electron chi connectivity index (χ2n) is 5.17. The van der Waals surface area contributed by atoms with Gasteiger partial charge in [-0.1, -0.05) is 30.3 Å². The van der Waals surface area contributed by atoms with Crippen molar-refractivity contribution in [1.29, 1.82) is 0 Å². The molecule has 2 aromatic carbocycles. The van der Waals surface area contributed by atoms with E-state index in [1.807, 2.05) is 36.4 Å². The fourth-order valence-electron chi connectivity index (χ4n) is 2.59. The molecule has 4 nitrogen and oxygen atoms in total. The van der Waals surface area contributed by atoms with Gasteiger partial charge in [0.15, 0.2) is 0 Å². The Morgan fingerprint density at radius 2 is 1.95 bits per heavy atom. The summed E-state index contributed by atoms with van der Waals surface area (Å²) in [5.74, 6) is -0.0708. The van der Waals surface area contributed by atoms with Crippen LogP contribution in [0.15, 0.2) is 48.5 Å². The van der Waals surface area contributed by atoms with Crippen LogP contribution in [0, 0.1) is 0 Å². The monoisotopic (exact) mass is 282 g/mol. The number of anilines is 2. The average molecular weight is 282 g/mol. The molecule has 0 aliphatic carbocycles. The zero-order valence-electron chi connectivity index (χ0n) is 11.9. The second kappa shape index (κ2) is 5.97. The molecule has 1 heterocycles. The summed E-state index contributed by atoms with van der Waals surface area (Å²) < 4.78 is 5.64. The summed E-state index contributed by atoms with van der Waals surface area (Å²) in [4.78, 5) is 11.1. The van der Waals surface area contributed by atoms with Crippen molar-refractivity contribution >= 4 is 17.3 Å².